The number of rotatable bonds is 5. The Morgan fingerprint density at radius 1 is 1.27 bits per heavy atom. The number of carbonyl (C=O) groups is 1. The van der Waals surface area contributed by atoms with Gasteiger partial charge in [0.25, 0.3) is 11.5 Å². The summed E-state index contributed by atoms with van der Waals surface area (Å²) in [6, 6.07) is 2.00. The van der Waals surface area contributed by atoms with Crippen molar-refractivity contribution in [1.29, 1.82) is 5.26 Å². The molecule has 26 heavy (non-hydrogen) atoms. The molecule has 0 aromatic carbocycles. The van der Waals surface area contributed by atoms with Crippen LogP contribution in [0.5, 0.6) is 0 Å². The number of thioether (sulfide) groups is 1. The molecule has 2 heterocycles. The summed E-state index contributed by atoms with van der Waals surface area (Å²) in [4.78, 5) is 29.3. The second kappa shape index (κ2) is 8.06. The molecule has 1 aliphatic rings. The highest BCUT2D eigenvalue weighted by Gasteiger charge is 2.31. The fourth-order valence-electron chi connectivity index (χ4n) is 3.02. The summed E-state index contributed by atoms with van der Waals surface area (Å²) in [5.41, 5.74) is 1.06. The topological polar surface area (TPSA) is 69.3 Å². The third-order valence-corrected chi connectivity index (χ3v) is 5.87. The lowest BCUT2D eigenvalue weighted by Gasteiger charge is -2.27. The summed E-state index contributed by atoms with van der Waals surface area (Å²) in [7, 11) is 1.66. The molecule has 0 N–H and O–H groups in total. The van der Waals surface area contributed by atoms with Gasteiger partial charge >= 0.3 is 0 Å². The average Bonchev–Trinajstić information content (AvgIpc) is 2.89. The van der Waals surface area contributed by atoms with Gasteiger partial charge in [-0.3, -0.25) is 19.1 Å². The number of likely N-dealkylation sites (N-methyl/N-ethyl adjacent to an activating group) is 1. The van der Waals surface area contributed by atoms with E-state index in [0.717, 1.165) is 0 Å². The van der Waals surface area contributed by atoms with Crippen molar-refractivity contribution in [3.05, 3.63) is 31.9 Å². The van der Waals surface area contributed by atoms with Crippen LogP contribution in [0, 0.1) is 18.3 Å². The van der Waals surface area contributed by atoms with Crippen molar-refractivity contribution in [3.63, 3.8) is 0 Å². The second-order valence-corrected chi connectivity index (χ2v) is 7.49. The molecule has 0 aliphatic carbocycles. The molecule has 1 saturated heterocycles. The zero-order chi connectivity index (χ0) is 19.6. The molecule has 0 spiro atoms. The van der Waals surface area contributed by atoms with E-state index in [0.29, 0.717) is 45.8 Å². The molecule has 0 unspecified atom stereocenters. The average molecular weight is 391 g/mol. The molecule has 1 aromatic rings. The van der Waals surface area contributed by atoms with Gasteiger partial charge in [0.05, 0.1) is 4.91 Å². The smallest absolute Gasteiger partial charge is 0.270 e. The minimum absolute atomic E-state index is 0.0978. The highest BCUT2D eigenvalue weighted by molar-refractivity contribution is 8.26. The number of carbonyl (C=O) groups excluding carboxylic acids is 1. The Balaban J connectivity index is 2.79. The quantitative estimate of drug-likeness (QED) is 0.569. The molecular weight excluding hydrogens is 368 g/mol. The third-order valence-electron chi connectivity index (χ3n) is 4.50. The van der Waals surface area contributed by atoms with Gasteiger partial charge in [0.15, 0.2) is 0 Å². The molecule has 1 amide bonds. The van der Waals surface area contributed by atoms with E-state index in [2.05, 4.69) is 0 Å². The molecule has 1 fully saturated rings. The normalized spacial score (nSPS) is 15.7. The number of amides is 1. The van der Waals surface area contributed by atoms with Gasteiger partial charge in [0.2, 0.25) is 0 Å². The van der Waals surface area contributed by atoms with E-state index in [1.54, 1.807) is 24.9 Å². The molecule has 0 bridgehead atoms. The highest BCUT2D eigenvalue weighted by atomic mass is 32.2. The standard InChI is InChI=1S/C18H22N4O2S2/c1-6-21(7-2)15-12(11(4)13(10-19)16(23)20(15)5)9-14-17(24)22(8-3)18(25)26-14/h9H,6-8H2,1-5H3/b14-9-. The van der Waals surface area contributed by atoms with Crippen LogP contribution in [0.25, 0.3) is 6.08 Å². The van der Waals surface area contributed by atoms with E-state index in [4.69, 9.17) is 12.2 Å². The SMILES string of the molecule is CCN1C(=O)/C(=C/c2c(C)c(C#N)c(=O)n(C)c2N(CC)CC)SC1=S. The first kappa shape index (κ1) is 20.2. The summed E-state index contributed by atoms with van der Waals surface area (Å²) < 4.78 is 2.02. The minimum atomic E-state index is -0.329. The lowest BCUT2D eigenvalue weighted by molar-refractivity contribution is -0.121. The van der Waals surface area contributed by atoms with Gasteiger partial charge in [-0.05, 0) is 39.3 Å². The maximum atomic E-state index is 12.6. The maximum absolute atomic E-state index is 12.6. The van der Waals surface area contributed by atoms with E-state index in [9.17, 15) is 14.9 Å². The second-order valence-electron chi connectivity index (χ2n) is 5.81. The molecular formula is C18H22N4O2S2. The number of thiocarbonyl (C=S) groups is 1. The van der Waals surface area contributed by atoms with E-state index in [1.165, 1.54) is 16.3 Å². The van der Waals surface area contributed by atoms with Crippen LogP contribution in [0.4, 0.5) is 5.82 Å². The summed E-state index contributed by atoms with van der Waals surface area (Å²) in [6.07, 6.45) is 1.76. The van der Waals surface area contributed by atoms with Crippen molar-refractivity contribution in [2.24, 2.45) is 7.05 Å². The lowest BCUT2D eigenvalue weighted by atomic mass is 10.0. The summed E-state index contributed by atoms with van der Waals surface area (Å²) in [5.74, 6) is 0.568. The first-order chi connectivity index (χ1) is 12.3. The molecule has 6 nitrogen and oxygen atoms in total. The number of hydrogen-bond donors (Lipinski definition) is 0. The molecule has 0 radical (unpaired) electrons. The third kappa shape index (κ3) is 3.29. The Bertz CT molecular complexity index is 892. The number of nitriles is 1. The Morgan fingerprint density at radius 3 is 2.35 bits per heavy atom. The first-order valence-electron chi connectivity index (χ1n) is 8.46. The van der Waals surface area contributed by atoms with E-state index < -0.39 is 0 Å². The van der Waals surface area contributed by atoms with Crippen LogP contribution in [-0.2, 0) is 11.8 Å². The van der Waals surface area contributed by atoms with Crippen molar-refractivity contribution in [3.8, 4) is 6.07 Å². The van der Waals surface area contributed by atoms with Crippen LogP contribution in [0.15, 0.2) is 9.70 Å². The largest absolute Gasteiger partial charge is 0.358 e. The zero-order valence-electron chi connectivity index (χ0n) is 15.6. The predicted octanol–water partition coefficient (Wildman–Crippen LogP) is 2.63. The Hall–Kier alpha value is -2.11. The Morgan fingerprint density at radius 2 is 1.88 bits per heavy atom. The van der Waals surface area contributed by atoms with Crippen molar-refractivity contribution in [2.75, 3.05) is 24.5 Å². The van der Waals surface area contributed by atoms with Gasteiger partial charge in [0.1, 0.15) is 21.8 Å². The fraction of sp³-hybridized carbons (Fsp3) is 0.444. The minimum Gasteiger partial charge on any atom is -0.358 e. The Kier molecular flexibility index (Phi) is 6.26. The summed E-state index contributed by atoms with van der Waals surface area (Å²) in [5, 5.41) is 9.43. The van der Waals surface area contributed by atoms with E-state index >= 15 is 0 Å². The number of aromatic nitrogens is 1. The highest BCUT2D eigenvalue weighted by Crippen LogP contribution is 2.35. The molecule has 1 aromatic heterocycles. The van der Waals surface area contributed by atoms with Crippen molar-refractivity contribution in [2.45, 2.75) is 27.7 Å². The summed E-state index contributed by atoms with van der Waals surface area (Å²) >= 11 is 6.53. The van der Waals surface area contributed by atoms with Crippen LogP contribution >= 0.6 is 24.0 Å². The van der Waals surface area contributed by atoms with Crippen LogP contribution in [-0.4, -0.2) is 39.3 Å². The predicted molar refractivity (Wildman–Crippen MR) is 110 cm³/mol. The monoisotopic (exact) mass is 390 g/mol. The van der Waals surface area contributed by atoms with Gasteiger partial charge in [-0.25, -0.2) is 0 Å². The van der Waals surface area contributed by atoms with Crippen molar-refractivity contribution >= 4 is 46.1 Å². The molecule has 0 atom stereocenters. The van der Waals surface area contributed by atoms with E-state index in [-0.39, 0.29) is 17.0 Å². The molecule has 1 aliphatic heterocycles. The van der Waals surface area contributed by atoms with Crippen molar-refractivity contribution < 1.29 is 4.79 Å². The van der Waals surface area contributed by atoms with Crippen LogP contribution in [0.3, 0.4) is 0 Å². The van der Waals surface area contributed by atoms with Gasteiger partial charge in [-0.1, -0.05) is 24.0 Å². The molecule has 8 heteroatoms. The first-order valence-corrected chi connectivity index (χ1v) is 9.68. The van der Waals surface area contributed by atoms with Crippen LogP contribution < -0.4 is 10.5 Å². The zero-order valence-corrected chi connectivity index (χ0v) is 17.3. The maximum Gasteiger partial charge on any atom is 0.270 e. The molecule has 2 rings (SSSR count). The molecule has 0 saturated carbocycles. The number of pyridine rings is 1. The van der Waals surface area contributed by atoms with Crippen LogP contribution in [0.1, 0.15) is 37.5 Å². The van der Waals surface area contributed by atoms with E-state index in [1.807, 2.05) is 31.7 Å². The molecule has 138 valence electrons. The fourth-order valence-corrected chi connectivity index (χ4v) is 4.39. The van der Waals surface area contributed by atoms with Gasteiger partial charge in [-0.15, -0.1) is 0 Å². The summed E-state index contributed by atoms with van der Waals surface area (Å²) in [6.45, 7) is 9.54. The lowest BCUT2D eigenvalue weighted by Crippen LogP contribution is -2.33. The number of nitrogens with zero attached hydrogens (tertiary/aromatic N) is 4. The number of anilines is 1. The van der Waals surface area contributed by atoms with Gasteiger partial charge < -0.3 is 4.90 Å². The number of hydrogen-bond acceptors (Lipinski definition) is 6. The Labute approximate surface area is 163 Å². The van der Waals surface area contributed by atoms with Gasteiger partial charge in [-0.2, -0.15) is 5.26 Å². The van der Waals surface area contributed by atoms with Gasteiger partial charge in [0, 0.05) is 32.2 Å². The van der Waals surface area contributed by atoms with Crippen LogP contribution in [0.2, 0.25) is 0 Å². The van der Waals surface area contributed by atoms with Crippen molar-refractivity contribution in [1.82, 2.24) is 9.47 Å².